The van der Waals surface area contributed by atoms with Gasteiger partial charge < -0.3 is 9.47 Å². The zero-order valence-electron chi connectivity index (χ0n) is 20.7. The Morgan fingerprint density at radius 3 is 1.84 bits per heavy atom. The number of anilines is 3. The summed E-state index contributed by atoms with van der Waals surface area (Å²) in [6, 6.07) is 50.0. The van der Waals surface area contributed by atoms with Crippen LogP contribution in [0, 0.1) is 0 Å². The summed E-state index contributed by atoms with van der Waals surface area (Å²) in [6.07, 6.45) is 0. The molecule has 2 heteroatoms. The van der Waals surface area contributed by atoms with Crippen molar-refractivity contribution in [2.24, 2.45) is 7.05 Å². The Morgan fingerprint density at radius 1 is 0.459 bits per heavy atom. The first-order chi connectivity index (χ1) is 18.3. The summed E-state index contributed by atoms with van der Waals surface area (Å²) in [7, 11) is 2.16. The molecule has 7 aromatic rings. The van der Waals surface area contributed by atoms with E-state index in [4.69, 9.17) is 0 Å². The quantitative estimate of drug-likeness (QED) is 0.246. The second-order valence-electron chi connectivity index (χ2n) is 9.53. The zero-order chi connectivity index (χ0) is 24.8. The summed E-state index contributed by atoms with van der Waals surface area (Å²) < 4.78 is 2.31. The number of para-hydroxylation sites is 1. The molecule has 0 aliphatic rings. The van der Waals surface area contributed by atoms with Crippen molar-refractivity contribution in [1.82, 2.24) is 4.57 Å². The monoisotopic (exact) mass is 474 g/mol. The van der Waals surface area contributed by atoms with Gasteiger partial charge in [-0.05, 0) is 70.4 Å². The van der Waals surface area contributed by atoms with Crippen LogP contribution in [0.25, 0.3) is 43.7 Å². The molecular formula is C35H26N2. The van der Waals surface area contributed by atoms with E-state index in [-0.39, 0.29) is 0 Å². The van der Waals surface area contributed by atoms with E-state index < -0.39 is 0 Å². The topological polar surface area (TPSA) is 8.17 Å². The Hall–Kier alpha value is -4.82. The largest absolute Gasteiger partial charge is 0.344 e. The maximum atomic E-state index is 2.35. The van der Waals surface area contributed by atoms with Crippen molar-refractivity contribution in [3.05, 3.63) is 140 Å². The van der Waals surface area contributed by atoms with Gasteiger partial charge in [0, 0.05) is 45.9 Å². The van der Waals surface area contributed by atoms with Gasteiger partial charge in [0.1, 0.15) is 0 Å². The summed E-state index contributed by atoms with van der Waals surface area (Å²) in [5.41, 5.74) is 8.35. The van der Waals surface area contributed by atoms with E-state index in [1.165, 1.54) is 43.7 Å². The van der Waals surface area contributed by atoms with Crippen molar-refractivity contribution in [3.63, 3.8) is 0 Å². The van der Waals surface area contributed by atoms with Gasteiger partial charge in [-0.3, -0.25) is 0 Å². The molecule has 0 bridgehead atoms. The summed E-state index contributed by atoms with van der Waals surface area (Å²) in [4.78, 5) is 2.35. The van der Waals surface area contributed by atoms with Crippen LogP contribution < -0.4 is 4.90 Å². The second-order valence-corrected chi connectivity index (χ2v) is 9.53. The van der Waals surface area contributed by atoms with Gasteiger partial charge in [-0.2, -0.15) is 0 Å². The van der Waals surface area contributed by atoms with Crippen LogP contribution in [0.3, 0.4) is 0 Å². The molecule has 0 aliphatic carbocycles. The molecule has 1 aromatic heterocycles. The predicted octanol–water partition coefficient (Wildman–Crippen LogP) is 9.62. The van der Waals surface area contributed by atoms with E-state index in [9.17, 15) is 0 Å². The fourth-order valence-electron chi connectivity index (χ4n) is 5.57. The summed E-state index contributed by atoms with van der Waals surface area (Å²) in [6.45, 7) is 0. The first-order valence-corrected chi connectivity index (χ1v) is 12.7. The number of rotatable bonds is 4. The smallest absolute Gasteiger partial charge is 0.0495 e. The van der Waals surface area contributed by atoms with Crippen molar-refractivity contribution >= 4 is 49.6 Å². The number of benzene rings is 6. The van der Waals surface area contributed by atoms with Gasteiger partial charge in [0.05, 0.1) is 0 Å². The lowest BCUT2D eigenvalue weighted by molar-refractivity contribution is 1.01. The third-order valence-electron chi connectivity index (χ3n) is 7.38. The van der Waals surface area contributed by atoms with Crippen LogP contribution in [0.1, 0.15) is 0 Å². The molecular weight excluding hydrogens is 448 g/mol. The highest BCUT2D eigenvalue weighted by molar-refractivity contribution is 6.21. The van der Waals surface area contributed by atoms with Crippen LogP contribution in [-0.2, 0) is 7.05 Å². The van der Waals surface area contributed by atoms with Crippen LogP contribution in [0.5, 0.6) is 0 Å². The molecule has 1 heterocycles. The summed E-state index contributed by atoms with van der Waals surface area (Å²) in [5, 5.41) is 5.14. The van der Waals surface area contributed by atoms with E-state index in [1.54, 1.807) is 0 Å². The minimum Gasteiger partial charge on any atom is -0.344 e. The molecule has 37 heavy (non-hydrogen) atoms. The van der Waals surface area contributed by atoms with Crippen molar-refractivity contribution in [2.75, 3.05) is 4.90 Å². The zero-order valence-corrected chi connectivity index (χ0v) is 20.7. The highest BCUT2D eigenvalue weighted by Crippen LogP contribution is 2.40. The number of nitrogens with zero attached hydrogens (tertiary/aromatic N) is 2. The molecule has 0 N–H and O–H groups in total. The van der Waals surface area contributed by atoms with Crippen LogP contribution in [0.2, 0.25) is 0 Å². The lowest BCUT2D eigenvalue weighted by Gasteiger charge is -2.26. The highest BCUT2D eigenvalue weighted by atomic mass is 15.1. The molecule has 0 aliphatic heterocycles. The average Bonchev–Trinajstić information content (AvgIpc) is 3.26. The molecule has 0 amide bonds. The lowest BCUT2D eigenvalue weighted by atomic mass is 10.0. The number of hydrogen-bond acceptors (Lipinski definition) is 1. The van der Waals surface area contributed by atoms with E-state index in [0.717, 1.165) is 17.1 Å². The van der Waals surface area contributed by atoms with Crippen LogP contribution >= 0.6 is 0 Å². The Bertz CT molecular complexity index is 1860. The molecule has 176 valence electrons. The third-order valence-corrected chi connectivity index (χ3v) is 7.38. The van der Waals surface area contributed by atoms with Gasteiger partial charge in [-0.25, -0.2) is 0 Å². The molecule has 0 saturated carbocycles. The number of aryl methyl sites for hydroxylation is 1. The molecule has 0 spiro atoms. The lowest BCUT2D eigenvalue weighted by Crippen LogP contribution is -2.09. The fraction of sp³-hybridized carbons (Fsp3) is 0.0286. The Morgan fingerprint density at radius 2 is 1.05 bits per heavy atom. The van der Waals surface area contributed by atoms with E-state index in [1.807, 2.05) is 0 Å². The molecule has 0 saturated heterocycles. The number of hydrogen-bond donors (Lipinski definition) is 0. The molecule has 0 unspecified atom stereocenters. The minimum atomic E-state index is 1.13. The van der Waals surface area contributed by atoms with Crippen molar-refractivity contribution in [1.29, 1.82) is 0 Å². The van der Waals surface area contributed by atoms with Crippen molar-refractivity contribution in [2.45, 2.75) is 0 Å². The normalized spacial score (nSPS) is 11.4. The summed E-state index contributed by atoms with van der Waals surface area (Å²) in [5.74, 6) is 0. The Kier molecular flexibility index (Phi) is 5.04. The van der Waals surface area contributed by atoms with E-state index >= 15 is 0 Å². The molecule has 2 nitrogen and oxygen atoms in total. The maximum absolute atomic E-state index is 2.35. The molecule has 0 atom stereocenters. The SMILES string of the molecule is Cn1c2ccc(N(c3ccccc3)c3ccc(-c4ccccc4)cc3)cc2c2c3ccccc3ccc21. The van der Waals surface area contributed by atoms with Gasteiger partial charge in [0.15, 0.2) is 0 Å². The first kappa shape index (κ1) is 21.5. The van der Waals surface area contributed by atoms with Crippen LogP contribution in [0.15, 0.2) is 140 Å². The van der Waals surface area contributed by atoms with Gasteiger partial charge in [-0.15, -0.1) is 0 Å². The van der Waals surface area contributed by atoms with Crippen molar-refractivity contribution < 1.29 is 0 Å². The van der Waals surface area contributed by atoms with Gasteiger partial charge >= 0.3 is 0 Å². The third kappa shape index (κ3) is 3.57. The summed E-state index contributed by atoms with van der Waals surface area (Å²) >= 11 is 0. The Balaban J connectivity index is 1.44. The van der Waals surface area contributed by atoms with Crippen molar-refractivity contribution in [3.8, 4) is 11.1 Å². The number of fused-ring (bicyclic) bond motifs is 5. The molecule has 6 aromatic carbocycles. The molecule has 7 rings (SSSR count). The van der Waals surface area contributed by atoms with Gasteiger partial charge in [0.25, 0.3) is 0 Å². The van der Waals surface area contributed by atoms with Gasteiger partial charge in [0.2, 0.25) is 0 Å². The second kappa shape index (κ2) is 8.69. The minimum absolute atomic E-state index is 1.13. The standard InChI is InChI=1S/C35H26N2/c1-36-33-23-21-30(24-32(33)35-31-15-9-8-12-27(31)18-22-34(35)36)37(28-13-6-3-7-14-28)29-19-16-26(17-20-29)25-10-4-2-5-11-25/h2-24H,1H3. The molecule has 0 fully saturated rings. The Labute approximate surface area is 216 Å². The number of aromatic nitrogens is 1. The highest BCUT2D eigenvalue weighted by Gasteiger charge is 2.17. The van der Waals surface area contributed by atoms with E-state index in [0.29, 0.717) is 0 Å². The predicted molar refractivity (Wildman–Crippen MR) is 158 cm³/mol. The van der Waals surface area contributed by atoms with E-state index in [2.05, 4.69) is 156 Å². The fourth-order valence-corrected chi connectivity index (χ4v) is 5.57. The maximum Gasteiger partial charge on any atom is 0.0495 e. The molecule has 0 radical (unpaired) electrons. The first-order valence-electron chi connectivity index (χ1n) is 12.7. The average molecular weight is 475 g/mol. The van der Waals surface area contributed by atoms with Crippen LogP contribution in [0.4, 0.5) is 17.1 Å². The van der Waals surface area contributed by atoms with Crippen LogP contribution in [-0.4, -0.2) is 4.57 Å². The van der Waals surface area contributed by atoms with Gasteiger partial charge in [-0.1, -0.05) is 91.0 Å².